The van der Waals surface area contributed by atoms with E-state index >= 15 is 0 Å². The van der Waals surface area contributed by atoms with Crippen LogP contribution >= 0.6 is 0 Å². The van der Waals surface area contributed by atoms with Gasteiger partial charge in [0.2, 0.25) is 0 Å². The van der Waals surface area contributed by atoms with E-state index in [-0.39, 0.29) is 5.54 Å². The Morgan fingerprint density at radius 2 is 1.69 bits per heavy atom. The third kappa shape index (κ3) is 2.34. The van der Waals surface area contributed by atoms with E-state index in [1.54, 1.807) is 6.33 Å². The molecule has 1 aliphatic carbocycles. The Morgan fingerprint density at radius 3 is 2.38 bits per heavy atom. The lowest BCUT2D eigenvalue weighted by Gasteiger charge is -2.38. The summed E-state index contributed by atoms with van der Waals surface area (Å²) < 4.78 is 0. The molecule has 0 bridgehead atoms. The molecule has 1 saturated carbocycles. The standard InChI is InChI=1S/C22H20N4/c23-22(11-4-12-22)17-9-7-15(8-10-17)19-20(16-5-2-1-3-6-16)26-18-13-24-14-25-21(18)19/h1-3,5-10,13-14,26H,4,11-12,23H2. The fourth-order valence-corrected chi connectivity index (χ4v) is 3.85. The molecule has 0 aliphatic heterocycles. The monoisotopic (exact) mass is 340 g/mol. The smallest absolute Gasteiger partial charge is 0.116 e. The number of nitrogens with two attached hydrogens (primary N) is 1. The topological polar surface area (TPSA) is 67.6 Å². The molecule has 1 fully saturated rings. The minimum absolute atomic E-state index is 0.136. The van der Waals surface area contributed by atoms with Gasteiger partial charge in [0.15, 0.2) is 0 Å². The number of hydrogen-bond donors (Lipinski definition) is 2. The van der Waals surface area contributed by atoms with Gasteiger partial charge in [0.25, 0.3) is 0 Å². The van der Waals surface area contributed by atoms with Gasteiger partial charge in [-0.3, -0.25) is 0 Å². The van der Waals surface area contributed by atoms with Gasteiger partial charge in [0.1, 0.15) is 6.33 Å². The molecule has 0 radical (unpaired) electrons. The highest BCUT2D eigenvalue weighted by molar-refractivity contribution is 6.01. The van der Waals surface area contributed by atoms with Crippen molar-refractivity contribution in [3.8, 4) is 22.4 Å². The molecule has 2 aromatic heterocycles. The van der Waals surface area contributed by atoms with Crippen LogP contribution in [0.4, 0.5) is 0 Å². The zero-order chi connectivity index (χ0) is 17.6. The highest BCUT2D eigenvalue weighted by Gasteiger charge is 2.34. The molecule has 4 nitrogen and oxygen atoms in total. The Kier molecular flexibility index (Phi) is 3.40. The number of nitrogens with zero attached hydrogens (tertiary/aromatic N) is 2. The number of hydrogen-bond acceptors (Lipinski definition) is 3. The van der Waals surface area contributed by atoms with Gasteiger partial charge in [0, 0.05) is 11.1 Å². The van der Waals surface area contributed by atoms with Crippen LogP contribution < -0.4 is 5.73 Å². The van der Waals surface area contributed by atoms with Crippen LogP contribution in [0, 0.1) is 0 Å². The van der Waals surface area contributed by atoms with E-state index in [1.807, 2.05) is 24.4 Å². The fraction of sp³-hybridized carbons (Fsp3) is 0.182. The molecule has 3 N–H and O–H groups in total. The number of rotatable bonds is 3. The van der Waals surface area contributed by atoms with E-state index in [0.717, 1.165) is 46.3 Å². The van der Waals surface area contributed by atoms with Crippen LogP contribution in [0.2, 0.25) is 0 Å². The van der Waals surface area contributed by atoms with E-state index < -0.39 is 0 Å². The molecular formula is C22H20N4. The van der Waals surface area contributed by atoms with E-state index in [0.29, 0.717) is 0 Å². The van der Waals surface area contributed by atoms with Gasteiger partial charge in [0.05, 0.1) is 22.9 Å². The molecule has 26 heavy (non-hydrogen) atoms. The predicted molar refractivity (Wildman–Crippen MR) is 104 cm³/mol. The summed E-state index contributed by atoms with van der Waals surface area (Å²) in [7, 11) is 0. The van der Waals surface area contributed by atoms with E-state index in [4.69, 9.17) is 5.73 Å². The van der Waals surface area contributed by atoms with Gasteiger partial charge in [-0.15, -0.1) is 0 Å². The Hall–Kier alpha value is -2.98. The first-order valence-electron chi connectivity index (χ1n) is 9.01. The largest absolute Gasteiger partial charge is 0.351 e. The minimum atomic E-state index is -0.136. The molecule has 4 aromatic rings. The number of H-pyrrole nitrogens is 1. The van der Waals surface area contributed by atoms with Crippen molar-refractivity contribution < 1.29 is 0 Å². The predicted octanol–water partition coefficient (Wildman–Crippen LogP) is 4.63. The molecule has 0 saturated heterocycles. The maximum atomic E-state index is 6.48. The first-order chi connectivity index (χ1) is 12.7. The van der Waals surface area contributed by atoms with Crippen LogP contribution in [0.3, 0.4) is 0 Å². The number of aromatic nitrogens is 3. The summed E-state index contributed by atoms with van der Waals surface area (Å²) in [5.41, 5.74) is 13.9. The van der Waals surface area contributed by atoms with Crippen LogP contribution in [0.1, 0.15) is 24.8 Å². The average Bonchev–Trinajstić information content (AvgIpc) is 3.06. The zero-order valence-corrected chi connectivity index (χ0v) is 14.4. The normalized spacial score (nSPS) is 15.7. The molecule has 1 aliphatic rings. The fourth-order valence-electron chi connectivity index (χ4n) is 3.85. The molecule has 2 heterocycles. The van der Waals surface area contributed by atoms with E-state index in [9.17, 15) is 0 Å². The van der Waals surface area contributed by atoms with Gasteiger partial charge in [-0.25, -0.2) is 9.97 Å². The summed E-state index contributed by atoms with van der Waals surface area (Å²) in [6.45, 7) is 0. The van der Waals surface area contributed by atoms with Gasteiger partial charge >= 0.3 is 0 Å². The molecule has 0 spiro atoms. The van der Waals surface area contributed by atoms with Crippen LogP contribution in [0.5, 0.6) is 0 Å². The number of fused-ring (bicyclic) bond motifs is 1. The summed E-state index contributed by atoms with van der Waals surface area (Å²) in [6, 6.07) is 19.0. The highest BCUT2D eigenvalue weighted by atomic mass is 14.9. The second-order valence-corrected chi connectivity index (χ2v) is 7.11. The van der Waals surface area contributed by atoms with Gasteiger partial charge in [-0.1, -0.05) is 54.6 Å². The highest BCUT2D eigenvalue weighted by Crippen LogP contribution is 2.41. The maximum absolute atomic E-state index is 6.48. The van der Waals surface area contributed by atoms with Gasteiger partial charge < -0.3 is 10.7 Å². The first kappa shape index (κ1) is 15.3. The summed E-state index contributed by atoms with van der Waals surface area (Å²) >= 11 is 0. The molecule has 4 heteroatoms. The van der Waals surface area contributed by atoms with Crippen LogP contribution in [-0.2, 0) is 5.54 Å². The first-order valence-corrected chi connectivity index (χ1v) is 9.01. The Bertz CT molecular complexity index is 1060. The maximum Gasteiger partial charge on any atom is 0.116 e. The van der Waals surface area contributed by atoms with Crippen LogP contribution in [-0.4, -0.2) is 15.0 Å². The quantitative estimate of drug-likeness (QED) is 0.571. The van der Waals surface area contributed by atoms with Gasteiger partial charge in [-0.2, -0.15) is 0 Å². The number of benzene rings is 2. The van der Waals surface area contributed by atoms with Crippen molar-refractivity contribution in [2.75, 3.05) is 0 Å². The summed E-state index contributed by atoms with van der Waals surface area (Å²) in [4.78, 5) is 12.2. The van der Waals surface area contributed by atoms with Crippen LogP contribution in [0.15, 0.2) is 67.1 Å². The van der Waals surface area contributed by atoms with Crippen molar-refractivity contribution in [2.24, 2.45) is 5.73 Å². The second kappa shape index (κ2) is 5.78. The molecule has 2 aromatic carbocycles. The third-order valence-electron chi connectivity index (χ3n) is 5.52. The van der Waals surface area contributed by atoms with Crippen molar-refractivity contribution in [1.82, 2.24) is 15.0 Å². The average molecular weight is 340 g/mol. The SMILES string of the molecule is NC1(c2ccc(-c3c(-c4ccccc4)[nH]c4cncnc34)cc2)CCC1. The second-order valence-electron chi connectivity index (χ2n) is 7.11. The lowest BCUT2D eigenvalue weighted by molar-refractivity contribution is 0.253. The Balaban J connectivity index is 1.68. The van der Waals surface area contributed by atoms with E-state index in [2.05, 4.69) is 51.4 Å². The number of nitrogens with one attached hydrogen (secondary N) is 1. The Labute approximate surface area is 152 Å². The minimum Gasteiger partial charge on any atom is -0.351 e. The molecule has 128 valence electrons. The molecule has 0 atom stereocenters. The lowest BCUT2D eigenvalue weighted by atomic mass is 9.72. The summed E-state index contributed by atoms with van der Waals surface area (Å²) in [5.74, 6) is 0. The van der Waals surface area contributed by atoms with Crippen molar-refractivity contribution in [2.45, 2.75) is 24.8 Å². The summed E-state index contributed by atoms with van der Waals surface area (Å²) in [6.07, 6.45) is 6.79. The van der Waals surface area contributed by atoms with Crippen molar-refractivity contribution in [3.63, 3.8) is 0 Å². The lowest BCUT2D eigenvalue weighted by Crippen LogP contribution is -2.43. The number of aromatic amines is 1. The Morgan fingerprint density at radius 1 is 0.923 bits per heavy atom. The van der Waals surface area contributed by atoms with Crippen molar-refractivity contribution in [1.29, 1.82) is 0 Å². The molecule has 0 amide bonds. The van der Waals surface area contributed by atoms with E-state index in [1.165, 1.54) is 12.0 Å². The molecule has 0 unspecified atom stereocenters. The van der Waals surface area contributed by atoms with Gasteiger partial charge in [-0.05, 0) is 36.0 Å². The third-order valence-corrected chi connectivity index (χ3v) is 5.52. The van der Waals surface area contributed by atoms with Crippen molar-refractivity contribution in [3.05, 3.63) is 72.7 Å². The van der Waals surface area contributed by atoms with Crippen LogP contribution in [0.25, 0.3) is 33.4 Å². The molecule has 5 rings (SSSR count). The zero-order valence-electron chi connectivity index (χ0n) is 14.4. The molecular weight excluding hydrogens is 320 g/mol. The van der Waals surface area contributed by atoms with Crippen molar-refractivity contribution >= 4 is 11.0 Å². The summed E-state index contributed by atoms with van der Waals surface area (Å²) in [5, 5.41) is 0.